The van der Waals surface area contributed by atoms with Crippen LogP contribution in [0.2, 0.25) is 0 Å². The molecule has 2 N–H and O–H groups in total. The Bertz CT molecular complexity index is 260. The van der Waals surface area contributed by atoms with Crippen molar-refractivity contribution in [2.75, 3.05) is 0 Å². The Morgan fingerprint density at radius 3 is 2.13 bits per heavy atom. The van der Waals surface area contributed by atoms with Gasteiger partial charge >= 0.3 is 5.97 Å². The van der Waals surface area contributed by atoms with Gasteiger partial charge < -0.3 is 10.4 Å². The second-order valence-corrected chi connectivity index (χ2v) is 3.97. The number of carbonyl (C=O) groups excluding carboxylic acids is 2. The van der Waals surface area contributed by atoms with Gasteiger partial charge in [0.2, 0.25) is 5.91 Å². The van der Waals surface area contributed by atoms with Gasteiger partial charge in [0.25, 0.3) is 0 Å². The first-order chi connectivity index (χ1) is 6.82. The van der Waals surface area contributed by atoms with Crippen LogP contribution in [0.3, 0.4) is 0 Å². The molecule has 0 radical (unpaired) electrons. The molecule has 0 aliphatic heterocycles. The SMILES string of the molecule is CC(C)C[C@H](NC(=O)C[13C](C)=O)C(=O)O. The fraction of sp³-hybridized carbons (Fsp3) is 0.700. The van der Waals surface area contributed by atoms with Gasteiger partial charge in [-0.25, -0.2) is 4.79 Å². The maximum Gasteiger partial charge on any atom is 0.326 e. The molecule has 0 aliphatic carbocycles. The molecule has 0 bridgehead atoms. The fourth-order valence-electron chi connectivity index (χ4n) is 1.16. The number of aliphatic carboxylic acids is 1. The third-order valence-electron chi connectivity index (χ3n) is 1.75. The third kappa shape index (κ3) is 6.65. The number of hydrogen-bond acceptors (Lipinski definition) is 3. The largest absolute Gasteiger partial charge is 0.480 e. The quantitative estimate of drug-likeness (QED) is 0.502. The average Bonchev–Trinajstić information content (AvgIpc) is 1.99. The maximum atomic E-state index is 11.2. The summed E-state index contributed by atoms with van der Waals surface area (Å²) < 4.78 is 0. The van der Waals surface area contributed by atoms with Crippen LogP contribution in [0.1, 0.15) is 33.6 Å². The summed E-state index contributed by atoms with van der Waals surface area (Å²) in [5.41, 5.74) is 0. The normalized spacial score (nSPS) is 12.3. The topological polar surface area (TPSA) is 83.5 Å². The first-order valence-electron chi connectivity index (χ1n) is 4.84. The summed E-state index contributed by atoms with van der Waals surface area (Å²) in [6.07, 6.45) is 0.0981. The Hall–Kier alpha value is -1.39. The van der Waals surface area contributed by atoms with E-state index in [1.54, 1.807) is 0 Å². The van der Waals surface area contributed by atoms with Crippen molar-refractivity contribution < 1.29 is 19.5 Å². The minimum Gasteiger partial charge on any atom is -0.480 e. The number of amides is 1. The molecule has 0 spiro atoms. The Kier molecular flexibility index (Phi) is 5.59. The van der Waals surface area contributed by atoms with Crippen LogP contribution in [0.4, 0.5) is 0 Å². The van der Waals surface area contributed by atoms with Crippen LogP contribution in [0.5, 0.6) is 0 Å². The standard InChI is InChI=1S/C10H17NO4/c1-6(2)4-8(10(14)15)11-9(13)5-7(3)12/h6,8H,4-5H2,1-3H3,(H,11,13)(H,14,15)/t8-/m0/s1/i7+1. The molecular weight excluding hydrogens is 199 g/mol. The zero-order valence-corrected chi connectivity index (χ0v) is 9.24. The van der Waals surface area contributed by atoms with Crippen molar-refractivity contribution in [2.24, 2.45) is 5.92 Å². The lowest BCUT2D eigenvalue weighted by atomic mass is 10.0. The molecule has 0 aliphatic rings. The molecule has 0 aromatic rings. The molecule has 0 aromatic heterocycles. The highest BCUT2D eigenvalue weighted by Gasteiger charge is 2.21. The molecule has 0 aromatic carbocycles. The minimum atomic E-state index is -1.07. The van der Waals surface area contributed by atoms with Gasteiger partial charge in [-0.1, -0.05) is 13.8 Å². The number of nitrogens with one attached hydrogen (secondary N) is 1. The lowest BCUT2D eigenvalue weighted by molar-refractivity contribution is -0.142. The number of hydrogen-bond donors (Lipinski definition) is 2. The lowest BCUT2D eigenvalue weighted by Crippen LogP contribution is -2.42. The van der Waals surface area contributed by atoms with E-state index >= 15 is 0 Å². The van der Waals surface area contributed by atoms with E-state index in [0.29, 0.717) is 6.42 Å². The molecule has 1 atom stereocenters. The smallest absolute Gasteiger partial charge is 0.326 e. The van der Waals surface area contributed by atoms with E-state index in [0.717, 1.165) is 0 Å². The second-order valence-electron chi connectivity index (χ2n) is 3.97. The summed E-state index contributed by atoms with van der Waals surface area (Å²) in [5, 5.41) is 11.1. The molecule has 1 amide bonds. The minimum absolute atomic E-state index is 0.170. The highest BCUT2D eigenvalue weighted by molar-refractivity contribution is 5.98. The predicted octanol–water partition coefficient (Wildman–Crippen LogP) is 0.581. The van der Waals surface area contributed by atoms with Crippen LogP contribution >= 0.6 is 0 Å². The predicted molar refractivity (Wildman–Crippen MR) is 54.3 cm³/mol. The van der Waals surface area contributed by atoms with E-state index in [4.69, 9.17) is 5.11 Å². The molecule has 5 heteroatoms. The molecule has 0 heterocycles. The molecule has 0 rings (SSSR count). The molecule has 15 heavy (non-hydrogen) atoms. The van der Waals surface area contributed by atoms with Gasteiger partial charge in [0.15, 0.2) is 0 Å². The Morgan fingerprint density at radius 1 is 1.27 bits per heavy atom. The van der Waals surface area contributed by atoms with E-state index in [1.807, 2.05) is 13.8 Å². The van der Waals surface area contributed by atoms with E-state index in [1.165, 1.54) is 6.92 Å². The van der Waals surface area contributed by atoms with Crippen LogP contribution in [0.25, 0.3) is 0 Å². The maximum absolute atomic E-state index is 11.2. The van der Waals surface area contributed by atoms with Crippen molar-refractivity contribution in [1.29, 1.82) is 0 Å². The van der Waals surface area contributed by atoms with Crippen molar-refractivity contribution in [1.82, 2.24) is 5.32 Å². The summed E-state index contributed by atoms with van der Waals surface area (Å²) in [4.78, 5) is 32.5. The van der Waals surface area contributed by atoms with Crippen molar-refractivity contribution in [3.8, 4) is 0 Å². The zero-order chi connectivity index (χ0) is 12.0. The van der Waals surface area contributed by atoms with E-state index in [-0.39, 0.29) is 18.1 Å². The lowest BCUT2D eigenvalue weighted by Gasteiger charge is -2.15. The number of carboxylic acids is 1. The van der Waals surface area contributed by atoms with Crippen LogP contribution in [0, 0.1) is 5.92 Å². The summed E-state index contributed by atoms with van der Waals surface area (Å²) in [6.45, 7) is 5.03. The van der Waals surface area contributed by atoms with Gasteiger partial charge in [0, 0.05) is 0 Å². The van der Waals surface area contributed by atoms with E-state index in [9.17, 15) is 14.4 Å². The van der Waals surface area contributed by atoms with Crippen LogP contribution in [0.15, 0.2) is 0 Å². The molecule has 0 unspecified atom stereocenters. The highest BCUT2D eigenvalue weighted by Crippen LogP contribution is 2.05. The van der Waals surface area contributed by atoms with Gasteiger partial charge in [-0.2, -0.15) is 0 Å². The van der Waals surface area contributed by atoms with E-state index in [2.05, 4.69) is 5.32 Å². The second kappa shape index (κ2) is 6.16. The number of carboxylic acid groups (broad SMARTS) is 1. The first kappa shape index (κ1) is 13.6. The Labute approximate surface area is 88.9 Å². The van der Waals surface area contributed by atoms with Gasteiger partial charge in [-0.05, 0) is 19.3 Å². The van der Waals surface area contributed by atoms with Crippen molar-refractivity contribution in [3.63, 3.8) is 0 Å². The molecular formula is C10H17NO4. The average molecular weight is 216 g/mol. The fourth-order valence-corrected chi connectivity index (χ4v) is 1.16. The number of ketones is 1. The molecule has 86 valence electrons. The third-order valence-corrected chi connectivity index (χ3v) is 1.75. The molecule has 0 saturated carbocycles. The summed E-state index contributed by atoms with van der Waals surface area (Å²) in [5.74, 6) is -1.71. The van der Waals surface area contributed by atoms with Gasteiger partial charge in [-0.15, -0.1) is 0 Å². The summed E-state index contributed by atoms with van der Waals surface area (Å²) in [6, 6.07) is -0.906. The Balaban J connectivity index is 4.22. The first-order valence-corrected chi connectivity index (χ1v) is 4.84. The summed E-state index contributed by atoms with van der Waals surface area (Å²) in [7, 11) is 0. The number of rotatable bonds is 6. The molecule has 5 nitrogen and oxygen atoms in total. The summed E-state index contributed by atoms with van der Waals surface area (Å²) >= 11 is 0. The van der Waals surface area contributed by atoms with Crippen LogP contribution in [-0.4, -0.2) is 28.8 Å². The monoisotopic (exact) mass is 216 g/mol. The number of Topliss-reactive ketones (excluding diaryl/α,β-unsaturated/α-hetero) is 1. The van der Waals surface area contributed by atoms with Crippen molar-refractivity contribution in [2.45, 2.75) is 39.7 Å². The number of carbonyl (C=O) groups is 3. The Morgan fingerprint density at radius 2 is 1.80 bits per heavy atom. The zero-order valence-electron chi connectivity index (χ0n) is 9.24. The van der Waals surface area contributed by atoms with Crippen molar-refractivity contribution in [3.05, 3.63) is 0 Å². The molecule has 0 fully saturated rings. The van der Waals surface area contributed by atoms with Gasteiger partial charge in [0.05, 0.1) is 6.42 Å². The van der Waals surface area contributed by atoms with Gasteiger partial charge in [0.1, 0.15) is 11.8 Å². The van der Waals surface area contributed by atoms with Crippen molar-refractivity contribution >= 4 is 17.7 Å². The molecule has 0 saturated heterocycles. The van der Waals surface area contributed by atoms with Crippen LogP contribution in [-0.2, 0) is 14.4 Å². The van der Waals surface area contributed by atoms with Crippen LogP contribution < -0.4 is 5.32 Å². The van der Waals surface area contributed by atoms with Gasteiger partial charge in [-0.3, -0.25) is 9.59 Å². The highest BCUT2D eigenvalue weighted by atomic mass is 16.4. The van der Waals surface area contributed by atoms with E-state index < -0.39 is 17.9 Å².